The fourth-order valence-corrected chi connectivity index (χ4v) is 2.95. The minimum Gasteiger partial charge on any atom is -0.376 e. The monoisotopic (exact) mass is 296 g/mol. The van der Waals surface area contributed by atoms with Crippen LogP contribution in [-0.2, 0) is 0 Å². The Labute approximate surface area is 108 Å². The summed E-state index contributed by atoms with van der Waals surface area (Å²) in [5.41, 5.74) is 2.13. The molecule has 0 bridgehead atoms. The average Bonchev–Trinajstić information content (AvgIpc) is 2.68. The van der Waals surface area contributed by atoms with Crippen molar-refractivity contribution in [2.75, 3.05) is 5.32 Å². The fourth-order valence-electron chi connectivity index (χ4n) is 1.50. The van der Waals surface area contributed by atoms with Crippen molar-refractivity contribution in [3.8, 4) is 0 Å². The van der Waals surface area contributed by atoms with Gasteiger partial charge in [-0.15, -0.1) is 11.3 Å². The number of hydrogen-bond donors (Lipinski definition) is 1. The van der Waals surface area contributed by atoms with Gasteiger partial charge in [-0.2, -0.15) is 0 Å². The van der Waals surface area contributed by atoms with Crippen LogP contribution in [0.3, 0.4) is 0 Å². The summed E-state index contributed by atoms with van der Waals surface area (Å²) in [5.74, 6) is 0. The Morgan fingerprint density at radius 1 is 1.50 bits per heavy atom. The van der Waals surface area contributed by atoms with E-state index in [9.17, 15) is 0 Å². The second-order valence-electron chi connectivity index (χ2n) is 3.67. The van der Waals surface area contributed by atoms with Crippen LogP contribution in [0.5, 0.6) is 0 Å². The first-order valence-corrected chi connectivity index (χ1v) is 6.76. The predicted molar refractivity (Wildman–Crippen MR) is 73.0 cm³/mol. The van der Waals surface area contributed by atoms with Crippen molar-refractivity contribution in [3.05, 3.63) is 44.8 Å². The van der Waals surface area contributed by atoms with E-state index >= 15 is 0 Å². The van der Waals surface area contributed by atoms with E-state index < -0.39 is 0 Å². The van der Waals surface area contributed by atoms with E-state index in [4.69, 9.17) is 0 Å². The number of rotatable bonds is 3. The third-order valence-electron chi connectivity index (χ3n) is 2.39. The SMILES string of the molecule is Cc1ncccc1NC(C)c1cc(Br)cs1. The Kier molecular flexibility index (Phi) is 3.61. The molecule has 0 radical (unpaired) electrons. The Morgan fingerprint density at radius 3 is 2.94 bits per heavy atom. The van der Waals surface area contributed by atoms with Crippen LogP contribution >= 0.6 is 27.3 Å². The molecule has 2 aromatic rings. The van der Waals surface area contributed by atoms with E-state index in [1.165, 1.54) is 4.88 Å². The zero-order chi connectivity index (χ0) is 11.5. The molecule has 1 N–H and O–H groups in total. The van der Waals surface area contributed by atoms with Crippen molar-refractivity contribution >= 4 is 33.0 Å². The Morgan fingerprint density at radius 2 is 2.31 bits per heavy atom. The van der Waals surface area contributed by atoms with Crippen molar-refractivity contribution in [2.45, 2.75) is 19.9 Å². The number of thiophene rings is 1. The summed E-state index contributed by atoms with van der Waals surface area (Å²) < 4.78 is 1.14. The second kappa shape index (κ2) is 4.97. The van der Waals surface area contributed by atoms with Gasteiger partial charge in [0.05, 0.1) is 17.4 Å². The van der Waals surface area contributed by atoms with Gasteiger partial charge in [-0.3, -0.25) is 4.98 Å². The first kappa shape index (κ1) is 11.6. The second-order valence-corrected chi connectivity index (χ2v) is 5.53. The summed E-state index contributed by atoms with van der Waals surface area (Å²) in [4.78, 5) is 5.58. The van der Waals surface area contributed by atoms with Crippen molar-refractivity contribution in [2.24, 2.45) is 0 Å². The maximum absolute atomic E-state index is 4.26. The first-order valence-electron chi connectivity index (χ1n) is 5.09. The molecule has 16 heavy (non-hydrogen) atoms. The zero-order valence-electron chi connectivity index (χ0n) is 9.20. The number of halogens is 1. The van der Waals surface area contributed by atoms with Crippen LogP contribution in [0.4, 0.5) is 5.69 Å². The third-order valence-corrected chi connectivity index (χ3v) is 4.27. The van der Waals surface area contributed by atoms with Crippen LogP contribution in [0.2, 0.25) is 0 Å². The predicted octanol–water partition coefficient (Wildman–Crippen LogP) is 4.39. The van der Waals surface area contributed by atoms with Crippen molar-refractivity contribution in [1.29, 1.82) is 0 Å². The number of anilines is 1. The minimum atomic E-state index is 0.305. The lowest BCUT2D eigenvalue weighted by Crippen LogP contribution is -2.06. The molecule has 1 unspecified atom stereocenters. The molecular formula is C12H13BrN2S. The molecule has 0 aliphatic carbocycles. The van der Waals surface area contributed by atoms with Gasteiger partial charge in [-0.25, -0.2) is 0 Å². The van der Waals surface area contributed by atoms with Crippen LogP contribution in [0, 0.1) is 6.92 Å². The summed E-state index contributed by atoms with van der Waals surface area (Å²) in [7, 11) is 0. The third kappa shape index (κ3) is 2.62. The molecule has 2 heterocycles. The maximum Gasteiger partial charge on any atom is 0.0603 e. The number of aryl methyl sites for hydroxylation is 1. The zero-order valence-corrected chi connectivity index (χ0v) is 11.6. The number of pyridine rings is 1. The molecule has 0 aliphatic rings. The standard InChI is InChI=1S/C12H13BrN2S/c1-8-11(4-3-5-14-8)15-9(2)12-6-10(13)7-16-12/h3-7,9,15H,1-2H3. The Balaban J connectivity index is 2.13. The van der Waals surface area contributed by atoms with Crippen LogP contribution in [0.15, 0.2) is 34.2 Å². The summed E-state index contributed by atoms with van der Waals surface area (Å²) >= 11 is 5.22. The molecule has 0 spiro atoms. The number of nitrogens with one attached hydrogen (secondary N) is 1. The number of nitrogens with zero attached hydrogens (tertiary/aromatic N) is 1. The lowest BCUT2D eigenvalue weighted by atomic mass is 10.2. The lowest BCUT2D eigenvalue weighted by Gasteiger charge is -2.14. The summed E-state index contributed by atoms with van der Waals surface area (Å²) in [5, 5.41) is 5.57. The molecule has 0 saturated heterocycles. The Hall–Kier alpha value is -0.870. The van der Waals surface area contributed by atoms with Crippen molar-refractivity contribution in [1.82, 2.24) is 4.98 Å². The Bertz CT molecular complexity index is 481. The van der Waals surface area contributed by atoms with Gasteiger partial charge in [0.25, 0.3) is 0 Å². The van der Waals surface area contributed by atoms with E-state index in [1.54, 1.807) is 11.3 Å². The molecule has 1 atom stereocenters. The van der Waals surface area contributed by atoms with E-state index in [1.807, 2.05) is 19.2 Å². The van der Waals surface area contributed by atoms with Crippen molar-refractivity contribution in [3.63, 3.8) is 0 Å². The maximum atomic E-state index is 4.26. The lowest BCUT2D eigenvalue weighted by molar-refractivity contribution is 0.901. The van der Waals surface area contributed by atoms with Gasteiger partial charge < -0.3 is 5.32 Å². The molecular weight excluding hydrogens is 284 g/mol. The molecule has 4 heteroatoms. The quantitative estimate of drug-likeness (QED) is 0.909. The molecule has 2 rings (SSSR count). The van der Waals surface area contributed by atoms with Gasteiger partial charge in [-0.05, 0) is 48.0 Å². The summed E-state index contributed by atoms with van der Waals surface area (Å²) in [6, 6.07) is 6.46. The average molecular weight is 297 g/mol. The van der Waals surface area contributed by atoms with E-state index in [-0.39, 0.29) is 0 Å². The van der Waals surface area contributed by atoms with Gasteiger partial charge in [0.2, 0.25) is 0 Å². The van der Waals surface area contributed by atoms with Gasteiger partial charge >= 0.3 is 0 Å². The van der Waals surface area contributed by atoms with Crippen LogP contribution < -0.4 is 5.32 Å². The van der Waals surface area contributed by atoms with Gasteiger partial charge in [-0.1, -0.05) is 0 Å². The van der Waals surface area contributed by atoms with E-state index in [2.05, 4.69) is 50.7 Å². The summed E-state index contributed by atoms with van der Waals surface area (Å²) in [6.45, 7) is 4.17. The topological polar surface area (TPSA) is 24.9 Å². The summed E-state index contributed by atoms with van der Waals surface area (Å²) in [6.07, 6.45) is 1.81. The minimum absolute atomic E-state index is 0.305. The van der Waals surface area contributed by atoms with Gasteiger partial charge in [0.1, 0.15) is 0 Å². The van der Waals surface area contributed by atoms with Crippen LogP contribution in [0.1, 0.15) is 23.5 Å². The van der Waals surface area contributed by atoms with E-state index in [0.29, 0.717) is 6.04 Å². The van der Waals surface area contributed by atoms with Crippen molar-refractivity contribution < 1.29 is 0 Å². The van der Waals surface area contributed by atoms with Gasteiger partial charge in [0, 0.05) is 20.9 Å². The highest BCUT2D eigenvalue weighted by molar-refractivity contribution is 9.10. The smallest absolute Gasteiger partial charge is 0.0603 e. The molecule has 2 aromatic heterocycles. The molecule has 0 amide bonds. The van der Waals surface area contributed by atoms with Crippen LogP contribution in [0.25, 0.3) is 0 Å². The molecule has 0 fully saturated rings. The number of aromatic nitrogens is 1. The van der Waals surface area contributed by atoms with E-state index in [0.717, 1.165) is 15.9 Å². The molecule has 0 aliphatic heterocycles. The molecule has 0 saturated carbocycles. The van der Waals surface area contributed by atoms with Crippen LogP contribution in [-0.4, -0.2) is 4.98 Å². The first-order chi connectivity index (χ1) is 7.66. The normalized spacial score (nSPS) is 12.4. The molecule has 0 aromatic carbocycles. The highest BCUT2D eigenvalue weighted by Gasteiger charge is 2.08. The largest absolute Gasteiger partial charge is 0.376 e. The fraction of sp³-hybridized carbons (Fsp3) is 0.250. The highest BCUT2D eigenvalue weighted by Crippen LogP contribution is 2.28. The van der Waals surface area contributed by atoms with Gasteiger partial charge in [0.15, 0.2) is 0 Å². The molecule has 2 nitrogen and oxygen atoms in total. The molecule has 84 valence electrons. The highest BCUT2D eigenvalue weighted by atomic mass is 79.9. The number of hydrogen-bond acceptors (Lipinski definition) is 3.